The van der Waals surface area contributed by atoms with E-state index < -0.39 is 5.97 Å². The van der Waals surface area contributed by atoms with Crippen LogP contribution in [0.25, 0.3) is 0 Å². The molecular formula is C18H24N2O4. The summed E-state index contributed by atoms with van der Waals surface area (Å²) in [4.78, 5) is 36.7. The summed E-state index contributed by atoms with van der Waals surface area (Å²) in [5, 5.41) is 11.8. The van der Waals surface area contributed by atoms with Crippen LogP contribution in [0.2, 0.25) is 0 Å². The van der Waals surface area contributed by atoms with Crippen LogP contribution in [0.5, 0.6) is 0 Å². The van der Waals surface area contributed by atoms with Gasteiger partial charge in [0, 0.05) is 23.7 Å². The number of rotatable bonds is 7. The van der Waals surface area contributed by atoms with Crippen LogP contribution in [-0.4, -0.2) is 40.9 Å². The van der Waals surface area contributed by atoms with Gasteiger partial charge in [0.05, 0.1) is 0 Å². The summed E-state index contributed by atoms with van der Waals surface area (Å²) < 4.78 is 0. The number of benzene rings is 1. The minimum absolute atomic E-state index is 0.00823. The first-order valence-electron chi connectivity index (χ1n) is 8.20. The minimum atomic E-state index is -1.04. The summed E-state index contributed by atoms with van der Waals surface area (Å²) in [6, 6.07) is 6.58. The van der Waals surface area contributed by atoms with Gasteiger partial charge in [-0.3, -0.25) is 14.4 Å². The third-order valence-corrected chi connectivity index (χ3v) is 4.04. The molecule has 2 rings (SSSR count). The van der Waals surface area contributed by atoms with Crippen molar-refractivity contribution in [3.63, 3.8) is 0 Å². The molecule has 1 saturated carbocycles. The Morgan fingerprint density at radius 3 is 2.29 bits per heavy atom. The molecule has 1 aromatic carbocycles. The molecule has 1 fully saturated rings. The lowest BCUT2D eigenvalue weighted by atomic mass is 10.1. The van der Waals surface area contributed by atoms with Crippen molar-refractivity contribution < 1.29 is 19.5 Å². The third kappa shape index (κ3) is 4.81. The van der Waals surface area contributed by atoms with Gasteiger partial charge in [-0.25, -0.2) is 0 Å². The number of anilines is 1. The Kier molecular flexibility index (Phi) is 5.59. The Morgan fingerprint density at radius 2 is 1.83 bits per heavy atom. The van der Waals surface area contributed by atoms with E-state index in [1.165, 1.54) is 4.90 Å². The molecule has 6 nitrogen and oxygen atoms in total. The van der Waals surface area contributed by atoms with Gasteiger partial charge >= 0.3 is 5.97 Å². The van der Waals surface area contributed by atoms with Crippen LogP contribution in [0.1, 0.15) is 37.6 Å². The number of hydrogen-bond donors (Lipinski definition) is 2. The zero-order chi connectivity index (χ0) is 17.9. The van der Waals surface area contributed by atoms with Gasteiger partial charge < -0.3 is 15.3 Å². The van der Waals surface area contributed by atoms with Gasteiger partial charge in [-0.05, 0) is 42.5 Å². The van der Waals surface area contributed by atoms with E-state index in [9.17, 15) is 14.4 Å². The van der Waals surface area contributed by atoms with Crippen LogP contribution < -0.4 is 5.32 Å². The van der Waals surface area contributed by atoms with Crippen molar-refractivity contribution in [2.24, 2.45) is 17.8 Å². The Morgan fingerprint density at radius 1 is 1.25 bits per heavy atom. The lowest BCUT2D eigenvalue weighted by Crippen LogP contribution is -2.38. The van der Waals surface area contributed by atoms with Gasteiger partial charge in [-0.2, -0.15) is 0 Å². The van der Waals surface area contributed by atoms with E-state index in [1.54, 1.807) is 24.3 Å². The van der Waals surface area contributed by atoms with Crippen molar-refractivity contribution in [1.82, 2.24) is 4.90 Å². The van der Waals surface area contributed by atoms with Gasteiger partial charge in [0.1, 0.15) is 6.54 Å². The Hall–Kier alpha value is -2.37. The molecule has 2 atom stereocenters. The lowest BCUT2D eigenvalue weighted by Gasteiger charge is -2.22. The molecule has 0 spiro atoms. The highest BCUT2D eigenvalue weighted by molar-refractivity contribution is 5.97. The molecule has 130 valence electrons. The van der Waals surface area contributed by atoms with Crippen molar-refractivity contribution in [2.45, 2.75) is 27.2 Å². The van der Waals surface area contributed by atoms with Crippen molar-refractivity contribution in [3.8, 4) is 0 Å². The normalized spacial score (nSPS) is 19.0. The molecule has 1 aromatic rings. The first-order valence-corrected chi connectivity index (χ1v) is 8.20. The first kappa shape index (κ1) is 18.0. The predicted octanol–water partition coefficient (Wildman–Crippen LogP) is 2.46. The zero-order valence-electron chi connectivity index (χ0n) is 14.3. The first-order chi connectivity index (χ1) is 11.3. The molecule has 24 heavy (non-hydrogen) atoms. The van der Waals surface area contributed by atoms with Crippen LogP contribution in [0.4, 0.5) is 5.69 Å². The smallest absolute Gasteiger partial charge is 0.323 e. The van der Waals surface area contributed by atoms with E-state index in [1.807, 2.05) is 20.8 Å². The van der Waals surface area contributed by atoms with Gasteiger partial charge in [0.25, 0.3) is 5.91 Å². The SMILES string of the molecule is CC(C)CN(CC(=O)O)C(=O)c1ccc(NC(=O)C2CC2C)cc1. The van der Waals surface area contributed by atoms with Gasteiger partial charge in [-0.1, -0.05) is 20.8 Å². The van der Waals surface area contributed by atoms with Gasteiger partial charge in [0.2, 0.25) is 5.91 Å². The fraction of sp³-hybridized carbons (Fsp3) is 0.500. The Balaban J connectivity index is 2.03. The molecule has 0 bridgehead atoms. The number of carboxylic acids is 1. The second-order valence-electron chi connectivity index (χ2n) is 6.86. The second-order valence-corrected chi connectivity index (χ2v) is 6.86. The van der Waals surface area contributed by atoms with E-state index in [0.717, 1.165) is 6.42 Å². The highest BCUT2D eigenvalue weighted by Gasteiger charge is 2.39. The molecule has 1 aliphatic rings. The van der Waals surface area contributed by atoms with E-state index in [0.29, 0.717) is 23.7 Å². The average molecular weight is 332 g/mol. The number of amides is 2. The zero-order valence-corrected chi connectivity index (χ0v) is 14.3. The number of nitrogens with one attached hydrogen (secondary N) is 1. The van der Waals surface area contributed by atoms with Gasteiger partial charge in [-0.15, -0.1) is 0 Å². The summed E-state index contributed by atoms with van der Waals surface area (Å²) in [6.07, 6.45) is 0.918. The van der Waals surface area contributed by atoms with E-state index >= 15 is 0 Å². The molecule has 1 aliphatic carbocycles. The highest BCUT2D eigenvalue weighted by Crippen LogP contribution is 2.38. The molecule has 0 heterocycles. The fourth-order valence-electron chi connectivity index (χ4n) is 2.62. The molecule has 0 aromatic heterocycles. The molecule has 2 N–H and O–H groups in total. The van der Waals surface area contributed by atoms with Crippen molar-refractivity contribution in [1.29, 1.82) is 0 Å². The summed E-state index contributed by atoms with van der Waals surface area (Å²) >= 11 is 0. The second kappa shape index (κ2) is 7.47. The molecule has 0 radical (unpaired) electrons. The fourth-order valence-corrected chi connectivity index (χ4v) is 2.62. The molecule has 0 saturated heterocycles. The standard InChI is InChI=1S/C18H24N2O4/c1-11(2)9-20(10-16(21)22)18(24)13-4-6-14(7-5-13)19-17(23)15-8-12(15)3/h4-7,11-12,15H,8-10H2,1-3H3,(H,19,23)(H,21,22). The Bertz CT molecular complexity index is 624. The van der Waals surface area contributed by atoms with E-state index in [-0.39, 0.29) is 30.2 Å². The number of aliphatic carboxylic acids is 1. The Labute approximate surface area is 141 Å². The maximum absolute atomic E-state index is 12.5. The molecule has 0 aliphatic heterocycles. The lowest BCUT2D eigenvalue weighted by molar-refractivity contribution is -0.137. The van der Waals surface area contributed by atoms with Crippen molar-refractivity contribution in [3.05, 3.63) is 29.8 Å². The van der Waals surface area contributed by atoms with E-state index in [4.69, 9.17) is 5.11 Å². The van der Waals surface area contributed by atoms with Crippen LogP contribution in [-0.2, 0) is 9.59 Å². The molecule has 2 amide bonds. The quantitative estimate of drug-likeness (QED) is 0.803. The predicted molar refractivity (Wildman–Crippen MR) is 90.7 cm³/mol. The number of carbonyl (C=O) groups is 3. The largest absolute Gasteiger partial charge is 0.480 e. The van der Waals surface area contributed by atoms with Crippen molar-refractivity contribution >= 4 is 23.5 Å². The number of nitrogens with zero attached hydrogens (tertiary/aromatic N) is 1. The van der Waals surface area contributed by atoms with E-state index in [2.05, 4.69) is 5.32 Å². The average Bonchev–Trinajstić information content (AvgIpc) is 3.23. The maximum Gasteiger partial charge on any atom is 0.323 e. The molecule has 6 heteroatoms. The number of carboxylic acid groups (broad SMARTS) is 1. The van der Waals surface area contributed by atoms with Gasteiger partial charge in [0.15, 0.2) is 0 Å². The van der Waals surface area contributed by atoms with Crippen LogP contribution >= 0.6 is 0 Å². The van der Waals surface area contributed by atoms with Crippen LogP contribution in [0, 0.1) is 17.8 Å². The van der Waals surface area contributed by atoms with Crippen LogP contribution in [0.15, 0.2) is 24.3 Å². The molecule has 2 unspecified atom stereocenters. The summed E-state index contributed by atoms with van der Waals surface area (Å²) in [6.45, 7) is 5.95. The topological polar surface area (TPSA) is 86.7 Å². The monoisotopic (exact) mass is 332 g/mol. The summed E-state index contributed by atoms with van der Waals surface area (Å²) in [5.41, 5.74) is 1.05. The minimum Gasteiger partial charge on any atom is -0.480 e. The number of hydrogen-bond acceptors (Lipinski definition) is 3. The maximum atomic E-state index is 12.5. The molecular weight excluding hydrogens is 308 g/mol. The van der Waals surface area contributed by atoms with Crippen LogP contribution in [0.3, 0.4) is 0 Å². The summed E-state index contributed by atoms with van der Waals surface area (Å²) in [7, 11) is 0. The number of carbonyl (C=O) groups excluding carboxylic acids is 2. The highest BCUT2D eigenvalue weighted by atomic mass is 16.4. The summed E-state index contributed by atoms with van der Waals surface area (Å²) in [5.74, 6) is -0.651. The van der Waals surface area contributed by atoms with Crippen molar-refractivity contribution in [2.75, 3.05) is 18.4 Å². The third-order valence-electron chi connectivity index (χ3n) is 4.04.